The Hall–Kier alpha value is -1.84. The van der Waals surface area contributed by atoms with Crippen LogP contribution in [0.1, 0.15) is 57.7 Å². The predicted octanol–water partition coefficient (Wildman–Crippen LogP) is 4.05. The van der Waals surface area contributed by atoms with Gasteiger partial charge in [-0.1, -0.05) is 49.4 Å². The molecule has 0 amide bonds. The van der Waals surface area contributed by atoms with Crippen LogP contribution in [0.2, 0.25) is 0 Å². The lowest BCUT2D eigenvalue weighted by Crippen LogP contribution is -2.70. The summed E-state index contributed by atoms with van der Waals surface area (Å²) in [5.41, 5.74) is 1.40. The Kier molecular flexibility index (Phi) is 5.34. The van der Waals surface area contributed by atoms with Crippen LogP contribution in [0.25, 0.3) is 0 Å². The number of benzene rings is 1. The standard InChI is InChI=1S/C25H33N3O5/c1-16-9-10-21-17(2)22(30-23-25(21)20(16)11-12-24(3,31-23)32-33-25)29-15-19-14-28(27-26-19)13-18-7-5-4-6-8-18/h4-8,14,16-17,20-23H,9-13,15H2,1-3H3. The molecule has 5 heterocycles. The molecule has 1 spiro atoms. The maximum Gasteiger partial charge on any atom is 0.201 e. The Labute approximate surface area is 194 Å². The van der Waals surface area contributed by atoms with E-state index >= 15 is 0 Å². The highest BCUT2D eigenvalue weighted by molar-refractivity contribution is 5.15. The van der Waals surface area contributed by atoms with Gasteiger partial charge in [0.15, 0.2) is 18.2 Å². The van der Waals surface area contributed by atoms with E-state index in [0.29, 0.717) is 25.0 Å². The molecular formula is C25H33N3O5. The van der Waals surface area contributed by atoms with Gasteiger partial charge in [-0.05, 0) is 43.6 Å². The van der Waals surface area contributed by atoms with Gasteiger partial charge in [0, 0.05) is 18.3 Å². The molecule has 2 bridgehead atoms. The van der Waals surface area contributed by atoms with Crippen molar-refractivity contribution in [1.82, 2.24) is 15.0 Å². The zero-order chi connectivity index (χ0) is 22.6. The molecule has 1 aromatic carbocycles. The van der Waals surface area contributed by atoms with Crippen LogP contribution in [0.15, 0.2) is 36.5 Å². The summed E-state index contributed by atoms with van der Waals surface area (Å²) in [5.74, 6) is 0.517. The number of aromatic nitrogens is 3. The van der Waals surface area contributed by atoms with E-state index in [0.717, 1.165) is 25.0 Å². The fourth-order valence-corrected chi connectivity index (χ4v) is 6.48. The third-order valence-electron chi connectivity index (χ3n) is 8.27. The van der Waals surface area contributed by atoms with Crippen LogP contribution in [0.3, 0.4) is 0 Å². The summed E-state index contributed by atoms with van der Waals surface area (Å²) in [7, 11) is 0. The third-order valence-corrected chi connectivity index (χ3v) is 8.27. The summed E-state index contributed by atoms with van der Waals surface area (Å²) >= 11 is 0. The molecule has 0 radical (unpaired) electrons. The third kappa shape index (κ3) is 3.63. The molecular weight excluding hydrogens is 422 g/mol. The van der Waals surface area contributed by atoms with Gasteiger partial charge in [0.25, 0.3) is 0 Å². The van der Waals surface area contributed by atoms with Crippen molar-refractivity contribution >= 4 is 0 Å². The highest BCUT2D eigenvalue weighted by atomic mass is 17.3. The molecule has 0 N–H and O–H groups in total. The number of nitrogens with zero attached hydrogens (tertiary/aromatic N) is 3. The zero-order valence-corrected chi connectivity index (χ0v) is 19.6. The van der Waals surface area contributed by atoms with Crippen molar-refractivity contribution < 1.29 is 24.0 Å². The van der Waals surface area contributed by atoms with Gasteiger partial charge < -0.3 is 14.2 Å². The Morgan fingerprint density at radius 3 is 2.79 bits per heavy atom. The summed E-state index contributed by atoms with van der Waals surface area (Å²) in [6.45, 7) is 7.48. The number of rotatable bonds is 5. The lowest BCUT2D eigenvalue weighted by Gasteiger charge is -2.60. The fourth-order valence-electron chi connectivity index (χ4n) is 6.48. The van der Waals surface area contributed by atoms with Gasteiger partial charge in [0.05, 0.1) is 19.3 Å². The maximum atomic E-state index is 6.48. The molecule has 8 nitrogen and oxygen atoms in total. The average Bonchev–Trinajstić information content (AvgIpc) is 3.13. The van der Waals surface area contributed by atoms with Gasteiger partial charge in [-0.3, -0.25) is 0 Å². The van der Waals surface area contributed by atoms with E-state index < -0.39 is 24.0 Å². The Morgan fingerprint density at radius 1 is 1.09 bits per heavy atom. The van der Waals surface area contributed by atoms with Crippen LogP contribution >= 0.6 is 0 Å². The minimum Gasteiger partial charge on any atom is -0.346 e. The molecule has 178 valence electrons. The van der Waals surface area contributed by atoms with E-state index in [1.54, 1.807) is 0 Å². The lowest BCUT2D eigenvalue weighted by atomic mass is 9.58. The van der Waals surface area contributed by atoms with Gasteiger partial charge in [-0.2, -0.15) is 0 Å². The van der Waals surface area contributed by atoms with E-state index in [9.17, 15) is 0 Å². The quantitative estimate of drug-likeness (QED) is 0.630. The summed E-state index contributed by atoms with van der Waals surface area (Å²) in [6, 6.07) is 10.2. The van der Waals surface area contributed by atoms with Crippen molar-refractivity contribution in [3.05, 3.63) is 47.8 Å². The lowest BCUT2D eigenvalue weighted by molar-refractivity contribution is -0.577. The van der Waals surface area contributed by atoms with E-state index in [-0.39, 0.29) is 11.8 Å². The first-order chi connectivity index (χ1) is 16.0. The predicted molar refractivity (Wildman–Crippen MR) is 117 cm³/mol. The molecule has 8 atom stereocenters. The Balaban J connectivity index is 1.17. The second kappa shape index (κ2) is 8.13. The molecule has 4 aliphatic heterocycles. The highest BCUT2D eigenvalue weighted by Gasteiger charge is 2.69. The van der Waals surface area contributed by atoms with Crippen LogP contribution in [-0.2, 0) is 37.1 Å². The molecule has 5 aliphatic rings. The minimum absolute atomic E-state index is 0.144. The monoisotopic (exact) mass is 455 g/mol. The summed E-state index contributed by atoms with van der Waals surface area (Å²) in [4.78, 5) is 12.1. The van der Waals surface area contributed by atoms with E-state index in [1.165, 1.54) is 12.0 Å². The van der Waals surface area contributed by atoms with Crippen molar-refractivity contribution in [2.45, 2.75) is 83.6 Å². The zero-order valence-electron chi connectivity index (χ0n) is 19.6. The van der Waals surface area contributed by atoms with Crippen LogP contribution in [0.5, 0.6) is 0 Å². The second-order valence-corrected chi connectivity index (χ2v) is 10.5. The van der Waals surface area contributed by atoms with E-state index in [2.05, 4.69) is 36.3 Å². The van der Waals surface area contributed by atoms with Crippen molar-refractivity contribution in [1.29, 1.82) is 0 Å². The second-order valence-electron chi connectivity index (χ2n) is 10.5. The normalized spacial score (nSPS) is 42.0. The largest absolute Gasteiger partial charge is 0.346 e. The van der Waals surface area contributed by atoms with Gasteiger partial charge in [-0.25, -0.2) is 14.5 Å². The van der Waals surface area contributed by atoms with Gasteiger partial charge in [0.1, 0.15) is 5.69 Å². The molecule has 8 heteroatoms. The number of ether oxygens (including phenoxy) is 3. The minimum atomic E-state index is -0.775. The SMILES string of the molecule is CC1CCC2C(C)C(OCc3cn(Cc4ccccc4)nn3)OC3OC4(C)CCC1C32OO4. The van der Waals surface area contributed by atoms with Crippen LogP contribution in [-0.4, -0.2) is 39.0 Å². The van der Waals surface area contributed by atoms with Crippen LogP contribution < -0.4 is 0 Å². The molecule has 1 saturated carbocycles. The summed E-state index contributed by atoms with van der Waals surface area (Å²) < 4.78 is 21.0. The Bertz CT molecular complexity index is 985. The maximum absolute atomic E-state index is 6.48. The average molecular weight is 456 g/mol. The molecule has 8 unspecified atom stereocenters. The Morgan fingerprint density at radius 2 is 1.94 bits per heavy atom. The summed E-state index contributed by atoms with van der Waals surface area (Å²) in [5, 5.41) is 8.55. The van der Waals surface area contributed by atoms with Gasteiger partial charge in [0.2, 0.25) is 5.79 Å². The van der Waals surface area contributed by atoms with Crippen LogP contribution in [0.4, 0.5) is 0 Å². The number of hydrogen-bond donors (Lipinski definition) is 0. The first kappa shape index (κ1) is 21.7. The van der Waals surface area contributed by atoms with Crippen LogP contribution in [0, 0.1) is 23.7 Å². The molecule has 33 heavy (non-hydrogen) atoms. The van der Waals surface area contributed by atoms with Gasteiger partial charge in [-0.15, -0.1) is 5.10 Å². The number of hydrogen-bond acceptors (Lipinski definition) is 7. The molecule has 5 fully saturated rings. The molecule has 2 aromatic rings. The number of fused-ring (bicyclic) bond motifs is 2. The van der Waals surface area contributed by atoms with Crippen molar-refractivity contribution in [3.8, 4) is 0 Å². The first-order valence-electron chi connectivity index (χ1n) is 12.2. The van der Waals surface area contributed by atoms with Crippen molar-refractivity contribution in [3.63, 3.8) is 0 Å². The van der Waals surface area contributed by atoms with E-state index in [4.69, 9.17) is 24.0 Å². The van der Waals surface area contributed by atoms with E-state index in [1.807, 2.05) is 36.0 Å². The fraction of sp³-hybridized carbons (Fsp3) is 0.680. The first-order valence-corrected chi connectivity index (χ1v) is 12.2. The topological polar surface area (TPSA) is 76.9 Å². The molecule has 4 saturated heterocycles. The molecule has 1 aliphatic carbocycles. The highest BCUT2D eigenvalue weighted by Crippen LogP contribution is 2.60. The van der Waals surface area contributed by atoms with Crippen molar-refractivity contribution in [2.75, 3.05) is 0 Å². The molecule has 1 aromatic heterocycles. The smallest absolute Gasteiger partial charge is 0.201 e. The van der Waals surface area contributed by atoms with Crippen molar-refractivity contribution in [2.24, 2.45) is 23.7 Å². The summed E-state index contributed by atoms with van der Waals surface area (Å²) in [6.07, 6.45) is 5.10. The van der Waals surface area contributed by atoms with Gasteiger partial charge >= 0.3 is 0 Å². The molecule has 7 rings (SSSR count).